The molecule has 1 aliphatic heterocycles. The van der Waals surface area contributed by atoms with E-state index < -0.39 is 5.91 Å². The fourth-order valence-electron chi connectivity index (χ4n) is 3.07. The molecule has 2 amide bonds. The number of fused-ring (bicyclic) bond motifs is 2. The van der Waals surface area contributed by atoms with Gasteiger partial charge in [0, 0.05) is 18.9 Å². The van der Waals surface area contributed by atoms with Gasteiger partial charge in [0.15, 0.2) is 17.2 Å². The molecule has 0 radical (unpaired) electrons. The van der Waals surface area contributed by atoms with Crippen LogP contribution in [0.5, 0.6) is 11.5 Å². The molecule has 0 spiro atoms. The van der Waals surface area contributed by atoms with E-state index in [9.17, 15) is 14.4 Å². The maximum atomic E-state index is 12.5. The van der Waals surface area contributed by atoms with E-state index in [0.717, 1.165) is 10.2 Å². The number of hydrogen-bond donors (Lipinski definition) is 2. The molecular formula is C20H18N4O5. The van der Waals surface area contributed by atoms with E-state index in [2.05, 4.69) is 16.0 Å². The van der Waals surface area contributed by atoms with Crippen molar-refractivity contribution in [3.8, 4) is 11.5 Å². The predicted octanol–water partition coefficient (Wildman–Crippen LogP) is 1.06. The van der Waals surface area contributed by atoms with Crippen molar-refractivity contribution in [2.75, 3.05) is 6.79 Å². The van der Waals surface area contributed by atoms with Crippen LogP contribution in [-0.2, 0) is 18.3 Å². The van der Waals surface area contributed by atoms with Crippen molar-refractivity contribution in [2.24, 2.45) is 7.05 Å². The number of benzene rings is 2. The largest absolute Gasteiger partial charge is 0.454 e. The van der Waals surface area contributed by atoms with Crippen molar-refractivity contribution in [3.05, 3.63) is 64.1 Å². The summed E-state index contributed by atoms with van der Waals surface area (Å²) in [6.07, 6.45) is 0.640. The number of aryl methyl sites for hydroxylation is 2. The third-order valence-electron chi connectivity index (χ3n) is 4.56. The van der Waals surface area contributed by atoms with Gasteiger partial charge in [-0.3, -0.25) is 25.2 Å². The number of hydrogen-bond acceptors (Lipinski definition) is 6. The molecule has 0 aliphatic carbocycles. The highest BCUT2D eigenvalue weighted by atomic mass is 16.7. The lowest BCUT2D eigenvalue weighted by Gasteiger charge is -2.10. The van der Waals surface area contributed by atoms with Crippen LogP contribution in [0.15, 0.2) is 47.3 Å². The molecule has 2 N–H and O–H groups in total. The van der Waals surface area contributed by atoms with Gasteiger partial charge in [0.25, 0.3) is 11.5 Å². The molecule has 2 aromatic carbocycles. The van der Waals surface area contributed by atoms with Crippen LogP contribution in [0.4, 0.5) is 0 Å². The molecule has 148 valence electrons. The Balaban J connectivity index is 1.38. The van der Waals surface area contributed by atoms with E-state index in [-0.39, 0.29) is 30.4 Å². The lowest BCUT2D eigenvalue weighted by molar-refractivity contribution is -0.121. The second kappa shape index (κ2) is 7.63. The van der Waals surface area contributed by atoms with E-state index in [0.29, 0.717) is 28.7 Å². The molecular weight excluding hydrogens is 376 g/mol. The van der Waals surface area contributed by atoms with Gasteiger partial charge in [0.2, 0.25) is 12.7 Å². The molecule has 3 aromatic rings. The Bertz CT molecular complexity index is 1170. The van der Waals surface area contributed by atoms with Crippen LogP contribution >= 0.6 is 0 Å². The SMILES string of the molecule is Cn1nc(C(=O)NNC(=O)CCc2ccc3c(c2)OCO3)c2ccccc2c1=O. The van der Waals surface area contributed by atoms with Gasteiger partial charge in [-0.1, -0.05) is 24.3 Å². The number of carbonyl (C=O) groups excluding carboxylic acids is 2. The quantitative estimate of drug-likeness (QED) is 0.640. The van der Waals surface area contributed by atoms with Crippen LogP contribution in [0.3, 0.4) is 0 Å². The average Bonchev–Trinajstić information content (AvgIpc) is 3.21. The molecule has 0 saturated carbocycles. The number of carbonyl (C=O) groups is 2. The van der Waals surface area contributed by atoms with E-state index in [1.54, 1.807) is 30.3 Å². The molecule has 0 fully saturated rings. The predicted molar refractivity (Wildman–Crippen MR) is 103 cm³/mol. The summed E-state index contributed by atoms with van der Waals surface area (Å²) >= 11 is 0. The summed E-state index contributed by atoms with van der Waals surface area (Å²) in [5.74, 6) is 0.379. The van der Waals surface area contributed by atoms with Gasteiger partial charge in [-0.05, 0) is 30.2 Å². The van der Waals surface area contributed by atoms with Crippen LogP contribution in [0, 0.1) is 0 Å². The highest BCUT2D eigenvalue weighted by Crippen LogP contribution is 2.32. The van der Waals surface area contributed by atoms with Gasteiger partial charge in [0.05, 0.1) is 5.39 Å². The molecule has 0 saturated heterocycles. The van der Waals surface area contributed by atoms with Crippen molar-refractivity contribution < 1.29 is 19.1 Å². The van der Waals surface area contributed by atoms with Gasteiger partial charge < -0.3 is 9.47 Å². The first-order chi connectivity index (χ1) is 14.0. The number of nitrogens with zero attached hydrogens (tertiary/aromatic N) is 2. The average molecular weight is 394 g/mol. The lowest BCUT2D eigenvalue weighted by atomic mass is 10.1. The number of hydrazine groups is 1. The second-order valence-electron chi connectivity index (χ2n) is 6.51. The molecule has 1 aromatic heterocycles. The zero-order valence-corrected chi connectivity index (χ0v) is 15.6. The molecule has 9 nitrogen and oxygen atoms in total. The summed E-state index contributed by atoms with van der Waals surface area (Å²) in [7, 11) is 1.47. The summed E-state index contributed by atoms with van der Waals surface area (Å²) in [5, 5.41) is 4.82. The molecule has 29 heavy (non-hydrogen) atoms. The van der Waals surface area contributed by atoms with E-state index >= 15 is 0 Å². The third-order valence-corrected chi connectivity index (χ3v) is 4.56. The summed E-state index contributed by atoms with van der Waals surface area (Å²) in [5.41, 5.74) is 5.41. The van der Waals surface area contributed by atoms with Gasteiger partial charge in [-0.25, -0.2) is 4.68 Å². The number of aromatic nitrogens is 2. The Kier molecular flexibility index (Phi) is 4.86. The van der Waals surface area contributed by atoms with Crippen molar-refractivity contribution in [1.82, 2.24) is 20.6 Å². The maximum absolute atomic E-state index is 12.5. The number of rotatable bonds is 4. The van der Waals surface area contributed by atoms with Gasteiger partial charge in [-0.15, -0.1) is 0 Å². The van der Waals surface area contributed by atoms with Crippen LogP contribution in [0.2, 0.25) is 0 Å². The first-order valence-electron chi connectivity index (χ1n) is 8.96. The number of ether oxygens (including phenoxy) is 2. The Morgan fingerprint density at radius 1 is 1.07 bits per heavy atom. The summed E-state index contributed by atoms with van der Waals surface area (Å²) < 4.78 is 11.7. The minimum absolute atomic E-state index is 0.0544. The van der Waals surface area contributed by atoms with Crippen LogP contribution in [0.1, 0.15) is 22.5 Å². The van der Waals surface area contributed by atoms with E-state index in [1.165, 1.54) is 7.05 Å². The first kappa shape index (κ1) is 18.5. The van der Waals surface area contributed by atoms with Crippen molar-refractivity contribution >= 4 is 22.6 Å². The molecule has 4 rings (SSSR count). The Morgan fingerprint density at radius 3 is 2.66 bits per heavy atom. The second-order valence-corrected chi connectivity index (χ2v) is 6.51. The monoisotopic (exact) mass is 394 g/mol. The Morgan fingerprint density at radius 2 is 1.83 bits per heavy atom. The van der Waals surface area contributed by atoms with Crippen molar-refractivity contribution in [3.63, 3.8) is 0 Å². The number of amides is 2. The van der Waals surface area contributed by atoms with Crippen molar-refractivity contribution in [1.29, 1.82) is 0 Å². The van der Waals surface area contributed by atoms with Crippen LogP contribution in [0.25, 0.3) is 10.8 Å². The van der Waals surface area contributed by atoms with E-state index in [4.69, 9.17) is 9.47 Å². The summed E-state index contributed by atoms with van der Waals surface area (Å²) in [4.78, 5) is 36.7. The van der Waals surface area contributed by atoms with Crippen LogP contribution in [-0.4, -0.2) is 28.4 Å². The summed E-state index contributed by atoms with van der Waals surface area (Å²) in [6, 6.07) is 12.2. The molecule has 0 unspecified atom stereocenters. The zero-order valence-electron chi connectivity index (χ0n) is 15.6. The topological polar surface area (TPSA) is 112 Å². The molecule has 0 atom stereocenters. The summed E-state index contributed by atoms with van der Waals surface area (Å²) in [6.45, 7) is 0.194. The lowest BCUT2D eigenvalue weighted by Crippen LogP contribution is -2.42. The fourth-order valence-corrected chi connectivity index (χ4v) is 3.07. The Hall–Kier alpha value is -3.88. The Labute approximate surface area is 165 Å². The molecule has 1 aliphatic rings. The van der Waals surface area contributed by atoms with Crippen LogP contribution < -0.4 is 25.9 Å². The standard InChI is InChI=1S/C20H18N4O5/c1-24-20(27)14-5-3-2-4-13(14)18(23-24)19(26)22-21-17(25)9-7-12-6-8-15-16(10-12)29-11-28-15/h2-6,8,10H,7,9,11H2,1H3,(H,21,25)(H,22,26). The molecule has 2 heterocycles. The minimum Gasteiger partial charge on any atom is -0.454 e. The maximum Gasteiger partial charge on any atom is 0.290 e. The minimum atomic E-state index is -0.603. The highest BCUT2D eigenvalue weighted by Gasteiger charge is 2.17. The van der Waals surface area contributed by atoms with Gasteiger partial charge in [-0.2, -0.15) is 5.10 Å². The number of nitrogens with one attached hydrogen (secondary N) is 2. The van der Waals surface area contributed by atoms with Gasteiger partial charge >= 0.3 is 0 Å². The van der Waals surface area contributed by atoms with Crippen molar-refractivity contribution in [2.45, 2.75) is 12.8 Å². The fraction of sp³-hybridized carbons (Fsp3) is 0.200. The highest BCUT2D eigenvalue weighted by molar-refractivity contribution is 6.05. The van der Waals surface area contributed by atoms with E-state index in [1.807, 2.05) is 12.1 Å². The first-order valence-corrected chi connectivity index (χ1v) is 8.96. The zero-order chi connectivity index (χ0) is 20.4. The third kappa shape index (κ3) is 3.75. The smallest absolute Gasteiger partial charge is 0.290 e. The molecule has 9 heteroatoms. The van der Waals surface area contributed by atoms with Gasteiger partial charge in [0.1, 0.15) is 0 Å². The molecule has 0 bridgehead atoms. The normalized spacial score (nSPS) is 12.0.